The van der Waals surface area contributed by atoms with Crippen LogP contribution in [0.5, 0.6) is 0 Å². The van der Waals surface area contributed by atoms with E-state index in [1.54, 1.807) is 0 Å². The standard InChI is InChI=1S/C8H17O/c1-2-3-4-5-6-7-8-9/h2-8H2,1H3/q-1. The van der Waals surface area contributed by atoms with Crippen LogP contribution >= 0.6 is 0 Å². The molecule has 0 N–H and O–H groups in total. The summed E-state index contributed by atoms with van der Waals surface area (Å²) in [6.45, 7) is 2.32. The average molecular weight is 129 g/mol. The van der Waals surface area contributed by atoms with Gasteiger partial charge in [-0.2, -0.15) is 0 Å². The second-order valence-corrected chi connectivity index (χ2v) is 2.47. The molecule has 1 heteroatoms. The summed E-state index contributed by atoms with van der Waals surface area (Å²) in [4.78, 5) is 0. The van der Waals surface area contributed by atoms with Crippen molar-refractivity contribution in [1.29, 1.82) is 0 Å². The van der Waals surface area contributed by atoms with Gasteiger partial charge in [0.2, 0.25) is 0 Å². The van der Waals surface area contributed by atoms with Gasteiger partial charge in [0.25, 0.3) is 0 Å². The molecule has 0 fully saturated rings. The number of unbranched alkanes of at least 4 members (excludes halogenated alkanes) is 5. The first-order valence-electron chi connectivity index (χ1n) is 4.00. The minimum Gasteiger partial charge on any atom is -0.854 e. The van der Waals surface area contributed by atoms with Gasteiger partial charge in [-0.3, -0.25) is 0 Å². The summed E-state index contributed by atoms with van der Waals surface area (Å²) in [5.41, 5.74) is 0. The van der Waals surface area contributed by atoms with Crippen LogP contribution in [0.15, 0.2) is 0 Å². The molecule has 0 amide bonds. The van der Waals surface area contributed by atoms with Crippen LogP contribution in [0.2, 0.25) is 0 Å². The third kappa shape index (κ3) is 7.96. The lowest BCUT2D eigenvalue weighted by Gasteiger charge is -2.01. The Morgan fingerprint density at radius 1 is 0.889 bits per heavy atom. The molecule has 0 rings (SSSR count). The molecule has 0 aliphatic rings. The van der Waals surface area contributed by atoms with Gasteiger partial charge in [0, 0.05) is 0 Å². The molecule has 0 aromatic rings. The van der Waals surface area contributed by atoms with Gasteiger partial charge in [-0.25, -0.2) is 0 Å². The Kier molecular flexibility index (Phi) is 7.92. The molecule has 0 aromatic carbocycles. The van der Waals surface area contributed by atoms with Crippen molar-refractivity contribution in [2.75, 3.05) is 6.61 Å². The Hall–Kier alpha value is -0.0400. The second-order valence-electron chi connectivity index (χ2n) is 2.47. The highest BCUT2D eigenvalue weighted by molar-refractivity contribution is 4.41. The fraction of sp³-hybridized carbons (Fsp3) is 1.00. The zero-order valence-corrected chi connectivity index (χ0v) is 6.36. The SMILES string of the molecule is CCCCCCCC[O-]. The summed E-state index contributed by atoms with van der Waals surface area (Å²) >= 11 is 0. The van der Waals surface area contributed by atoms with Gasteiger partial charge in [0.15, 0.2) is 0 Å². The van der Waals surface area contributed by atoms with Crippen molar-refractivity contribution in [2.24, 2.45) is 0 Å². The van der Waals surface area contributed by atoms with Crippen LogP contribution in [0.3, 0.4) is 0 Å². The van der Waals surface area contributed by atoms with E-state index in [-0.39, 0.29) is 6.61 Å². The summed E-state index contributed by atoms with van der Waals surface area (Å²) in [5.74, 6) is 0. The maximum Gasteiger partial charge on any atom is -0.0533 e. The molecule has 1 nitrogen and oxygen atoms in total. The van der Waals surface area contributed by atoms with E-state index in [0.29, 0.717) is 0 Å². The number of hydrogen-bond acceptors (Lipinski definition) is 1. The number of hydrogen-bond donors (Lipinski definition) is 0. The monoisotopic (exact) mass is 129 g/mol. The van der Waals surface area contributed by atoms with Crippen LogP contribution in [-0.2, 0) is 0 Å². The lowest BCUT2D eigenvalue weighted by molar-refractivity contribution is -0.368. The van der Waals surface area contributed by atoms with E-state index in [1.165, 1.54) is 25.7 Å². The van der Waals surface area contributed by atoms with E-state index in [1.807, 2.05) is 0 Å². The molecule has 56 valence electrons. The lowest BCUT2D eigenvalue weighted by atomic mass is 10.1. The maximum absolute atomic E-state index is 9.96. The lowest BCUT2D eigenvalue weighted by Crippen LogP contribution is -2.04. The highest BCUT2D eigenvalue weighted by Crippen LogP contribution is 2.03. The second kappa shape index (κ2) is 7.96. The van der Waals surface area contributed by atoms with Crippen LogP contribution in [0, 0.1) is 0 Å². The zero-order chi connectivity index (χ0) is 6.95. The molecule has 0 aliphatic carbocycles. The predicted octanol–water partition coefficient (Wildman–Crippen LogP) is 1.71. The van der Waals surface area contributed by atoms with E-state index in [2.05, 4.69) is 6.92 Å². The zero-order valence-electron chi connectivity index (χ0n) is 6.36. The summed E-state index contributed by atoms with van der Waals surface area (Å²) < 4.78 is 0. The van der Waals surface area contributed by atoms with Crippen LogP contribution in [0.4, 0.5) is 0 Å². The molecule has 0 spiro atoms. The van der Waals surface area contributed by atoms with Crippen molar-refractivity contribution in [2.45, 2.75) is 45.4 Å². The van der Waals surface area contributed by atoms with Crippen LogP contribution in [-0.4, -0.2) is 6.61 Å². The molecule has 0 heterocycles. The molecule has 0 aliphatic heterocycles. The van der Waals surface area contributed by atoms with Gasteiger partial charge in [-0.15, -0.1) is 6.61 Å². The molecule has 0 unspecified atom stereocenters. The summed E-state index contributed by atoms with van der Waals surface area (Å²) in [6, 6.07) is 0. The maximum atomic E-state index is 9.96. The smallest absolute Gasteiger partial charge is 0.0533 e. The van der Waals surface area contributed by atoms with E-state index in [4.69, 9.17) is 0 Å². The first-order valence-corrected chi connectivity index (χ1v) is 4.00. The molecule has 9 heavy (non-hydrogen) atoms. The quantitative estimate of drug-likeness (QED) is 0.501. The summed E-state index contributed by atoms with van der Waals surface area (Å²) in [5, 5.41) is 9.96. The fourth-order valence-corrected chi connectivity index (χ4v) is 0.882. The minimum absolute atomic E-state index is 0.117. The normalized spacial score (nSPS) is 10.0. The third-order valence-electron chi connectivity index (χ3n) is 1.50. The Labute approximate surface area is 58.1 Å². The Bertz CT molecular complexity index is 37.8. The van der Waals surface area contributed by atoms with Crippen molar-refractivity contribution < 1.29 is 5.11 Å². The van der Waals surface area contributed by atoms with Crippen molar-refractivity contribution >= 4 is 0 Å². The number of rotatable bonds is 6. The summed E-state index contributed by atoms with van der Waals surface area (Å²) in [7, 11) is 0. The van der Waals surface area contributed by atoms with E-state index in [9.17, 15) is 5.11 Å². The topological polar surface area (TPSA) is 23.1 Å². The van der Waals surface area contributed by atoms with E-state index >= 15 is 0 Å². The third-order valence-corrected chi connectivity index (χ3v) is 1.50. The average Bonchev–Trinajstić information content (AvgIpc) is 1.89. The Morgan fingerprint density at radius 3 is 2.00 bits per heavy atom. The van der Waals surface area contributed by atoms with Crippen LogP contribution < -0.4 is 5.11 Å². The predicted molar refractivity (Wildman–Crippen MR) is 38.2 cm³/mol. The van der Waals surface area contributed by atoms with E-state index in [0.717, 1.165) is 12.8 Å². The molecule has 0 atom stereocenters. The highest BCUT2D eigenvalue weighted by atomic mass is 16.2. The van der Waals surface area contributed by atoms with Crippen molar-refractivity contribution in [3.63, 3.8) is 0 Å². The van der Waals surface area contributed by atoms with Gasteiger partial charge in [0.1, 0.15) is 0 Å². The molecule has 0 bridgehead atoms. The summed E-state index contributed by atoms with van der Waals surface area (Å²) in [6.07, 6.45) is 7.22. The fourth-order valence-electron chi connectivity index (χ4n) is 0.882. The molecular formula is C8H17O-. The van der Waals surface area contributed by atoms with Crippen molar-refractivity contribution in [1.82, 2.24) is 0 Å². The first-order chi connectivity index (χ1) is 4.41. The van der Waals surface area contributed by atoms with Gasteiger partial charge in [0.05, 0.1) is 0 Å². The first kappa shape index (κ1) is 8.96. The largest absolute Gasteiger partial charge is 0.854 e. The van der Waals surface area contributed by atoms with Gasteiger partial charge in [-0.05, 0) is 0 Å². The molecule has 0 saturated carbocycles. The molecule has 0 saturated heterocycles. The molecule has 0 radical (unpaired) electrons. The van der Waals surface area contributed by atoms with Crippen molar-refractivity contribution in [3.05, 3.63) is 0 Å². The van der Waals surface area contributed by atoms with Crippen LogP contribution in [0.1, 0.15) is 45.4 Å². The molecular weight excluding hydrogens is 112 g/mol. The van der Waals surface area contributed by atoms with Crippen LogP contribution in [0.25, 0.3) is 0 Å². The van der Waals surface area contributed by atoms with E-state index < -0.39 is 0 Å². The molecule has 0 aromatic heterocycles. The Balaban J connectivity index is 2.60. The van der Waals surface area contributed by atoms with Crippen molar-refractivity contribution in [3.8, 4) is 0 Å². The van der Waals surface area contributed by atoms with Gasteiger partial charge in [-0.1, -0.05) is 45.4 Å². The van der Waals surface area contributed by atoms with Gasteiger partial charge >= 0.3 is 0 Å². The minimum atomic E-state index is 0.117. The highest BCUT2D eigenvalue weighted by Gasteiger charge is 1.84. The van der Waals surface area contributed by atoms with Gasteiger partial charge < -0.3 is 5.11 Å². The Morgan fingerprint density at radius 2 is 1.44 bits per heavy atom.